The van der Waals surface area contributed by atoms with Crippen LogP contribution in [0.15, 0.2) is 12.2 Å². The second-order valence-corrected chi connectivity index (χ2v) is 3.55. The number of allylic oxidation sites excluding steroid dienone is 1. The van der Waals surface area contributed by atoms with E-state index in [1.165, 1.54) is 0 Å². The van der Waals surface area contributed by atoms with Crippen LogP contribution in [0, 0.1) is 5.92 Å². The minimum absolute atomic E-state index is 0.184. The molecular formula is C9H14O3. The summed E-state index contributed by atoms with van der Waals surface area (Å²) in [5, 5.41) is 18.2. The fourth-order valence-electron chi connectivity index (χ4n) is 1.41. The van der Waals surface area contributed by atoms with Crippen LogP contribution < -0.4 is 0 Å². The fraction of sp³-hybridized carbons (Fsp3) is 0.667. The molecule has 0 amide bonds. The van der Waals surface area contributed by atoms with Gasteiger partial charge in [0.05, 0.1) is 12.0 Å². The Kier molecular flexibility index (Phi) is 2.52. The SMILES string of the molecule is CC1C=CC(O)(CC(=O)O)CC1. The van der Waals surface area contributed by atoms with Crippen molar-refractivity contribution < 1.29 is 15.0 Å². The minimum Gasteiger partial charge on any atom is -0.481 e. The molecule has 3 nitrogen and oxygen atoms in total. The van der Waals surface area contributed by atoms with Gasteiger partial charge in [-0.15, -0.1) is 0 Å². The van der Waals surface area contributed by atoms with Gasteiger partial charge in [0.15, 0.2) is 0 Å². The third-order valence-electron chi connectivity index (χ3n) is 2.22. The predicted octanol–water partition coefficient (Wildman–Crippen LogP) is 1.18. The van der Waals surface area contributed by atoms with E-state index in [2.05, 4.69) is 6.92 Å². The molecule has 0 aromatic heterocycles. The molecule has 68 valence electrons. The molecule has 12 heavy (non-hydrogen) atoms. The zero-order valence-electron chi connectivity index (χ0n) is 7.16. The highest BCUT2D eigenvalue weighted by Gasteiger charge is 2.29. The topological polar surface area (TPSA) is 57.5 Å². The van der Waals surface area contributed by atoms with E-state index in [9.17, 15) is 9.90 Å². The summed E-state index contributed by atoms with van der Waals surface area (Å²) in [6, 6.07) is 0. The van der Waals surface area contributed by atoms with Crippen molar-refractivity contribution in [3.63, 3.8) is 0 Å². The Morgan fingerprint density at radius 1 is 1.75 bits per heavy atom. The number of carbonyl (C=O) groups is 1. The van der Waals surface area contributed by atoms with Crippen molar-refractivity contribution in [1.82, 2.24) is 0 Å². The maximum absolute atomic E-state index is 10.4. The van der Waals surface area contributed by atoms with Crippen LogP contribution in [0.4, 0.5) is 0 Å². The molecule has 0 spiro atoms. The van der Waals surface area contributed by atoms with Crippen LogP contribution in [0.5, 0.6) is 0 Å². The molecule has 1 aliphatic rings. The van der Waals surface area contributed by atoms with E-state index >= 15 is 0 Å². The van der Waals surface area contributed by atoms with Gasteiger partial charge in [0.25, 0.3) is 0 Å². The molecule has 1 rings (SSSR count). The summed E-state index contributed by atoms with van der Waals surface area (Å²) in [5.41, 5.74) is -1.10. The molecule has 2 atom stereocenters. The standard InChI is InChI=1S/C9H14O3/c1-7-2-4-9(12,5-3-7)6-8(10)11/h2,4,7,12H,3,5-6H2,1H3,(H,10,11). The smallest absolute Gasteiger partial charge is 0.306 e. The van der Waals surface area contributed by atoms with Crippen molar-refractivity contribution in [2.75, 3.05) is 0 Å². The first kappa shape index (κ1) is 9.26. The maximum Gasteiger partial charge on any atom is 0.306 e. The zero-order chi connectivity index (χ0) is 9.19. The molecule has 0 aromatic carbocycles. The maximum atomic E-state index is 10.4. The Hall–Kier alpha value is -0.830. The van der Waals surface area contributed by atoms with Crippen molar-refractivity contribution in [2.24, 2.45) is 5.92 Å². The van der Waals surface area contributed by atoms with Crippen molar-refractivity contribution >= 4 is 5.97 Å². The lowest BCUT2D eigenvalue weighted by Crippen LogP contribution is -2.32. The summed E-state index contributed by atoms with van der Waals surface area (Å²) in [6.07, 6.45) is 4.73. The molecule has 2 unspecified atom stereocenters. The van der Waals surface area contributed by atoms with E-state index in [4.69, 9.17) is 5.11 Å². The van der Waals surface area contributed by atoms with Gasteiger partial charge in [0.2, 0.25) is 0 Å². The lowest BCUT2D eigenvalue weighted by molar-refractivity contribution is -0.141. The van der Waals surface area contributed by atoms with E-state index in [1.54, 1.807) is 6.08 Å². The van der Waals surface area contributed by atoms with E-state index in [1.807, 2.05) is 6.08 Å². The predicted molar refractivity (Wildman–Crippen MR) is 44.7 cm³/mol. The highest BCUT2D eigenvalue weighted by molar-refractivity contribution is 5.68. The van der Waals surface area contributed by atoms with Gasteiger partial charge in [-0.05, 0) is 18.8 Å². The highest BCUT2D eigenvalue weighted by atomic mass is 16.4. The van der Waals surface area contributed by atoms with Gasteiger partial charge in [-0.1, -0.05) is 19.1 Å². The van der Waals surface area contributed by atoms with E-state index in [0.29, 0.717) is 12.3 Å². The number of carboxylic acids is 1. The fourth-order valence-corrected chi connectivity index (χ4v) is 1.41. The van der Waals surface area contributed by atoms with Gasteiger partial charge in [0, 0.05) is 0 Å². The second kappa shape index (κ2) is 3.27. The van der Waals surface area contributed by atoms with E-state index in [0.717, 1.165) is 6.42 Å². The summed E-state index contributed by atoms with van der Waals surface area (Å²) in [5.74, 6) is -0.490. The molecule has 1 aliphatic carbocycles. The highest BCUT2D eigenvalue weighted by Crippen LogP contribution is 2.27. The first-order valence-corrected chi connectivity index (χ1v) is 4.15. The van der Waals surface area contributed by atoms with E-state index < -0.39 is 11.6 Å². The van der Waals surface area contributed by atoms with Crippen molar-refractivity contribution in [3.8, 4) is 0 Å². The van der Waals surface area contributed by atoms with Crippen LogP contribution in [0.1, 0.15) is 26.2 Å². The van der Waals surface area contributed by atoms with Gasteiger partial charge >= 0.3 is 5.97 Å². The molecule has 0 radical (unpaired) electrons. The molecular weight excluding hydrogens is 156 g/mol. The molecule has 0 saturated heterocycles. The third-order valence-corrected chi connectivity index (χ3v) is 2.22. The first-order chi connectivity index (χ1) is 5.52. The van der Waals surface area contributed by atoms with Crippen molar-refractivity contribution in [3.05, 3.63) is 12.2 Å². The molecule has 3 heteroatoms. The summed E-state index contributed by atoms with van der Waals surface area (Å²) < 4.78 is 0. The molecule has 0 saturated carbocycles. The number of carboxylic acid groups (broad SMARTS) is 1. The average Bonchev–Trinajstić information content (AvgIpc) is 1.94. The third kappa shape index (κ3) is 2.34. The largest absolute Gasteiger partial charge is 0.481 e. The summed E-state index contributed by atoms with van der Waals surface area (Å²) in [4.78, 5) is 10.4. The first-order valence-electron chi connectivity index (χ1n) is 4.15. The molecule has 0 aromatic rings. The average molecular weight is 170 g/mol. The number of aliphatic carboxylic acids is 1. The summed E-state index contributed by atoms with van der Waals surface area (Å²) in [6.45, 7) is 2.05. The second-order valence-electron chi connectivity index (χ2n) is 3.55. The Bertz CT molecular complexity index is 210. The van der Waals surface area contributed by atoms with Crippen LogP contribution in [-0.2, 0) is 4.79 Å². The molecule has 0 aliphatic heterocycles. The lowest BCUT2D eigenvalue weighted by Gasteiger charge is -2.28. The number of hydrogen-bond acceptors (Lipinski definition) is 2. The molecule has 0 heterocycles. The normalized spacial score (nSPS) is 35.0. The van der Waals surface area contributed by atoms with Gasteiger partial charge in [-0.25, -0.2) is 0 Å². The van der Waals surface area contributed by atoms with E-state index in [-0.39, 0.29) is 6.42 Å². The van der Waals surface area contributed by atoms with Gasteiger partial charge in [-0.2, -0.15) is 0 Å². The minimum atomic E-state index is -1.10. The quantitative estimate of drug-likeness (QED) is 0.612. The number of rotatable bonds is 2. The zero-order valence-corrected chi connectivity index (χ0v) is 7.16. The van der Waals surface area contributed by atoms with Crippen molar-refractivity contribution in [1.29, 1.82) is 0 Å². The summed E-state index contributed by atoms with van der Waals surface area (Å²) >= 11 is 0. The van der Waals surface area contributed by atoms with Crippen LogP contribution in [0.25, 0.3) is 0 Å². The number of aliphatic hydroxyl groups is 1. The van der Waals surface area contributed by atoms with Gasteiger partial charge in [0.1, 0.15) is 0 Å². The Labute approximate surface area is 71.7 Å². The summed E-state index contributed by atoms with van der Waals surface area (Å²) in [7, 11) is 0. The van der Waals surface area contributed by atoms with Crippen LogP contribution in [0.3, 0.4) is 0 Å². The Morgan fingerprint density at radius 3 is 2.83 bits per heavy atom. The van der Waals surface area contributed by atoms with Crippen LogP contribution in [0.2, 0.25) is 0 Å². The Morgan fingerprint density at radius 2 is 2.42 bits per heavy atom. The van der Waals surface area contributed by atoms with Gasteiger partial charge < -0.3 is 10.2 Å². The lowest BCUT2D eigenvalue weighted by atomic mass is 9.84. The van der Waals surface area contributed by atoms with Crippen molar-refractivity contribution in [2.45, 2.75) is 31.8 Å². The van der Waals surface area contributed by atoms with Crippen LogP contribution in [-0.4, -0.2) is 21.8 Å². The molecule has 0 fully saturated rings. The number of hydrogen-bond donors (Lipinski definition) is 2. The molecule has 2 N–H and O–H groups in total. The van der Waals surface area contributed by atoms with Crippen LogP contribution >= 0.6 is 0 Å². The van der Waals surface area contributed by atoms with Gasteiger partial charge in [-0.3, -0.25) is 4.79 Å². The monoisotopic (exact) mass is 170 g/mol. The molecule has 0 bridgehead atoms. The Balaban J connectivity index is 2.61.